The van der Waals surface area contributed by atoms with Crippen molar-refractivity contribution < 1.29 is 19.1 Å². The zero-order valence-corrected chi connectivity index (χ0v) is 12.8. The molecule has 118 valence electrons. The van der Waals surface area contributed by atoms with Crippen LogP contribution in [0.5, 0.6) is 5.75 Å². The molecule has 1 heterocycles. The minimum absolute atomic E-state index is 0.00895. The van der Waals surface area contributed by atoms with Gasteiger partial charge in [0.05, 0.1) is 19.9 Å². The van der Waals surface area contributed by atoms with E-state index in [4.69, 9.17) is 9.47 Å². The first kappa shape index (κ1) is 16.0. The van der Waals surface area contributed by atoms with E-state index < -0.39 is 11.9 Å². The molecule has 0 spiro atoms. The number of benzene rings is 1. The molecular formula is C15H14N4O4. The van der Waals surface area contributed by atoms with Crippen molar-refractivity contribution in [1.82, 2.24) is 9.78 Å². The van der Waals surface area contributed by atoms with Crippen molar-refractivity contribution in [1.29, 1.82) is 5.26 Å². The van der Waals surface area contributed by atoms with E-state index in [9.17, 15) is 14.9 Å². The predicted octanol–water partition coefficient (Wildman–Crippen LogP) is 1.50. The van der Waals surface area contributed by atoms with Gasteiger partial charge in [0.1, 0.15) is 17.5 Å². The molecular weight excluding hydrogens is 300 g/mol. The van der Waals surface area contributed by atoms with Gasteiger partial charge in [-0.2, -0.15) is 10.4 Å². The van der Waals surface area contributed by atoms with E-state index >= 15 is 0 Å². The SMILES string of the molecule is COC(=O)c1c(NC(C)=O)c(C#N)nn1-c1cccc(OC)c1. The van der Waals surface area contributed by atoms with Crippen molar-refractivity contribution in [3.05, 3.63) is 35.7 Å². The van der Waals surface area contributed by atoms with Crippen molar-refractivity contribution in [2.24, 2.45) is 0 Å². The molecule has 0 unspecified atom stereocenters. The fourth-order valence-corrected chi connectivity index (χ4v) is 2.01. The van der Waals surface area contributed by atoms with E-state index in [1.54, 1.807) is 24.3 Å². The Labute approximate surface area is 132 Å². The average Bonchev–Trinajstić information content (AvgIpc) is 2.91. The second kappa shape index (κ2) is 6.62. The summed E-state index contributed by atoms with van der Waals surface area (Å²) in [6.45, 7) is 1.27. The minimum Gasteiger partial charge on any atom is -0.497 e. The Morgan fingerprint density at radius 1 is 1.35 bits per heavy atom. The number of carbonyl (C=O) groups is 2. The lowest BCUT2D eigenvalue weighted by atomic mass is 10.2. The van der Waals surface area contributed by atoms with E-state index in [1.165, 1.54) is 25.8 Å². The number of amides is 1. The molecule has 0 saturated heterocycles. The molecule has 2 rings (SSSR count). The Hall–Kier alpha value is -3.34. The molecule has 1 aromatic heterocycles. The van der Waals surface area contributed by atoms with Crippen LogP contribution in [0, 0.1) is 11.3 Å². The summed E-state index contributed by atoms with van der Waals surface area (Å²) in [6, 6.07) is 8.61. The largest absolute Gasteiger partial charge is 0.497 e. The zero-order valence-electron chi connectivity index (χ0n) is 12.8. The van der Waals surface area contributed by atoms with Gasteiger partial charge in [-0.05, 0) is 12.1 Å². The lowest BCUT2D eigenvalue weighted by Gasteiger charge is -2.09. The maximum atomic E-state index is 12.1. The lowest BCUT2D eigenvalue weighted by molar-refractivity contribution is -0.114. The van der Waals surface area contributed by atoms with Crippen LogP contribution in [-0.4, -0.2) is 35.9 Å². The number of hydrogen-bond acceptors (Lipinski definition) is 6. The summed E-state index contributed by atoms with van der Waals surface area (Å²) in [5.74, 6) is -0.615. The highest BCUT2D eigenvalue weighted by Gasteiger charge is 2.26. The van der Waals surface area contributed by atoms with E-state index in [0.717, 1.165) is 0 Å². The number of carbonyl (C=O) groups excluding carboxylic acids is 2. The third-order valence-corrected chi connectivity index (χ3v) is 2.97. The van der Waals surface area contributed by atoms with Gasteiger partial charge in [-0.25, -0.2) is 9.48 Å². The van der Waals surface area contributed by atoms with E-state index in [2.05, 4.69) is 10.4 Å². The number of methoxy groups -OCH3 is 2. The van der Waals surface area contributed by atoms with Crippen molar-refractivity contribution in [2.45, 2.75) is 6.92 Å². The normalized spacial score (nSPS) is 9.83. The summed E-state index contributed by atoms with van der Waals surface area (Å²) in [5.41, 5.74) is 0.350. The van der Waals surface area contributed by atoms with Crippen LogP contribution < -0.4 is 10.1 Å². The average molecular weight is 314 g/mol. The number of hydrogen-bond donors (Lipinski definition) is 1. The Morgan fingerprint density at radius 2 is 2.09 bits per heavy atom. The summed E-state index contributed by atoms with van der Waals surface area (Å²) >= 11 is 0. The Kier molecular flexibility index (Phi) is 4.61. The molecule has 0 aliphatic rings. The second-order valence-corrected chi connectivity index (χ2v) is 4.47. The van der Waals surface area contributed by atoms with Crippen LogP contribution in [0.15, 0.2) is 24.3 Å². The van der Waals surface area contributed by atoms with Crippen LogP contribution >= 0.6 is 0 Å². The molecule has 1 N–H and O–H groups in total. The minimum atomic E-state index is -0.731. The van der Waals surface area contributed by atoms with Gasteiger partial charge < -0.3 is 14.8 Å². The summed E-state index contributed by atoms with van der Waals surface area (Å²) in [7, 11) is 2.71. The number of nitrogens with zero attached hydrogens (tertiary/aromatic N) is 3. The maximum absolute atomic E-state index is 12.1. The van der Waals surface area contributed by atoms with E-state index in [0.29, 0.717) is 11.4 Å². The highest BCUT2D eigenvalue weighted by Crippen LogP contribution is 2.26. The highest BCUT2D eigenvalue weighted by molar-refractivity contribution is 6.01. The molecule has 0 aliphatic carbocycles. The Balaban J connectivity index is 2.71. The zero-order chi connectivity index (χ0) is 17.0. The van der Waals surface area contributed by atoms with Crippen molar-refractivity contribution in [2.75, 3.05) is 19.5 Å². The summed E-state index contributed by atoms with van der Waals surface area (Å²) < 4.78 is 11.1. The second-order valence-electron chi connectivity index (χ2n) is 4.47. The molecule has 0 radical (unpaired) electrons. The van der Waals surface area contributed by atoms with Gasteiger partial charge >= 0.3 is 5.97 Å². The molecule has 8 nitrogen and oxygen atoms in total. The molecule has 2 aromatic rings. The Bertz CT molecular complexity index is 804. The number of esters is 1. The molecule has 8 heteroatoms. The van der Waals surface area contributed by atoms with Crippen LogP contribution in [0.1, 0.15) is 23.1 Å². The van der Waals surface area contributed by atoms with Gasteiger partial charge in [0.15, 0.2) is 11.4 Å². The highest BCUT2D eigenvalue weighted by atomic mass is 16.5. The van der Waals surface area contributed by atoms with Gasteiger partial charge in [0, 0.05) is 13.0 Å². The fourth-order valence-electron chi connectivity index (χ4n) is 2.01. The number of rotatable bonds is 4. The van der Waals surface area contributed by atoms with Gasteiger partial charge in [0.25, 0.3) is 0 Å². The first-order chi connectivity index (χ1) is 11.0. The third kappa shape index (κ3) is 3.13. The first-order valence-electron chi connectivity index (χ1n) is 6.55. The molecule has 23 heavy (non-hydrogen) atoms. The van der Waals surface area contributed by atoms with Gasteiger partial charge in [0.2, 0.25) is 5.91 Å². The van der Waals surface area contributed by atoms with Crippen LogP contribution in [0.2, 0.25) is 0 Å². The fraction of sp³-hybridized carbons (Fsp3) is 0.200. The predicted molar refractivity (Wildman–Crippen MR) is 80.5 cm³/mol. The Morgan fingerprint density at radius 3 is 2.65 bits per heavy atom. The molecule has 1 aromatic carbocycles. The van der Waals surface area contributed by atoms with E-state index in [-0.39, 0.29) is 17.1 Å². The van der Waals surface area contributed by atoms with Crippen molar-refractivity contribution >= 4 is 17.6 Å². The number of ether oxygens (including phenoxy) is 2. The van der Waals surface area contributed by atoms with Crippen molar-refractivity contribution in [3.63, 3.8) is 0 Å². The van der Waals surface area contributed by atoms with Gasteiger partial charge in [-0.1, -0.05) is 6.07 Å². The number of nitriles is 1. The number of anilines is 1. The molecule has 0 atom stereocenters. The van der Waals surface area contributed by atoms with E-state index in [1.807, 2.05) is 6.07 Å². The van der Waals surface area contributed by atoms with Gasteiger partial charge in [-0.15, -0.1) is 0 Å². The summed E-state index contributed by atoms with van der Waals surface area (Å²) in [6.07, 6.45) is 0. The third-order valence-electron chi connectivity index (χ3n) is 2.97. The summed E-state index contributed by atoms with van der Waals surface area (Å²) in [4.78, 5) is 23.5. The summed E-state index contributed by atoms with van der Waals surface area (Å²) in [5, 5.41) is 15.7. The first-order valence-corrected chi connectivity index (χ1v) is 6.55. The number of nitrogens with one attached hydrogen (secondary N) is 1. The molecule has 1 amide bonds. The smallest absolute Gasteiger partial charge is 0.359 e. The molecule has 0 bridgehead atoms. The molecule has 0 aliphatic heterocycles. The van der Waals surface area contributed by atoms with Crippen molar-refractivity contribution in [3.8, 4) is 17.5 Å². The van der Waals surface area contributed by atoms with Crippen LogP contribution in [0.25, 0.3) is 5.69 Å². The topological polar surface area (TPSA) is 106 Å². The quantitative estimate of drug-likeness (QED) is 0.857. The molecule has 0 saturated carbocycles. The standard InChI is InChI=1S/C15H14N4O4/c1-9(20)17-13-12(8-16)18-19(14(13)15(21)23-3)10-5-4-6-11(7-10)22-2/h4-7H,1-3H3,(H,17,20). The van der Waals surface area contributed by atoms with Crippen LogP contribution in [0.4, 0.5) is 5.69 Å². The lowest BCUT2D eigenvalue weighted by Crippen LogP contribution is -2.15. The van der Waals surface area contributed by atoms with Crippen LogP contribution in [-0.2, 0) is 9.53 Å². The maximum Gasteiger partial charge on any atom is 0.359 e. The monoisotopic (exact) mass is 314 g/mol. The van der Waals surface area contributed by atoms with Crippen LogP contribution in [0.3, 0.4) is 0 Å². The van der Waals surface area contributed by atoms with Gasteiger partial charge in [-0.3, -0.25) is 4.79 Å². The number of aromatic nitrogens is 2. The molecule has 0 fully saturated rings.